The number of pyridine rings is 1. The molecule has 18 heavy (non-hydrogen) atoms. The minimum absolute atomic E-state index is 0.588. The molecule has 0 atom stereocenters. The minimum Gasteiger partial charge on any atom is -0.366 e. The van der Waals surface area contributed by atoms with E-state index in [4.69, 9.17) is 0 Å². The fourth-order valence-electron chi connectivity index (χ4n) is 1.37. The quantitative estimate of drug-likeness (QED) is 0.834. The van der Waals surface area contributed by atoms with Gasteiger partial charge >= 0.3 is 0 Å². The molecule has 0 saturated heterocycles. The maximum atomic E-state index is 10.4. The summed E-state index contributed by atoms with van der Waals surface area (Å²) in [7, 11) is 0. The number of hydrogen-bond acceptors (Lipinski definition) is 3. The van der Waals surface area contributed by atoms with Crippen LogP contribution in [0.5, 0.6) is 0 Å². The Morgan fingerprint density at radius 1 is 1.11 bits per heavy atom. The van der Waals surface area contributed by atoms with Gasteiger partial charge in [-0.25, -0.2) is 4.98 Å². The third-order valence-corrected chi connectivity index (χ3v) is 2.24. The fourth-order valence-corrected chi connectivity index (χ4v) is 1.37. The lowest BCUT2D eigenvalue weighted by molar-refractivity contribution is 0.112. The number of rotatable bonds is 4. The molecule has 0 radical (unpaired) electrons. The lowest BCUT2D eigenvalue weighted by atomic mass is 10.2. The summed E-state index contributed by atoms with van der Waals surface area (Å²) in [6.07, 6.45) is 2.34. The molecule has 0 saturated carbocycles. The van der Waals surface area contributed by atoms with Gasteiger partial charge in [-0.05, 0) is 17.7 Å². The molecule has 2 aromatic rings. The number of aldehydes is 1. The Kier molecular flexibility index (Phi) is 6.19. The second-order valence-corrected chi connectivity index (χ2v) is 3.43. The molecule has 0 unspecified atom stereocenters. The lowest BCUT2D eigenvalue weighted by Gasteiger charge is -2.05. The molecule has 3 heteroatoms. The van der Waals surface area contributed by atoms with Crippen LogP contribution in [-0.4, -0.2) is 11.3 Å². The van der Waals surface area contributed by atoms with E-state index in [-0.39, 0.29) is 0 Å². The Labute approximate surface area is 108 Å². The van der Waals surface area contributed by atoms with Crippen molar-refractivity contribution in [3.63, 3.8) is 0 Å². The molecule has 0 aliphatic heterocycles. The third kappa shape index (κ3) is 4.37. The van der Waals surface area contributed by atoms with Crippen molar-refractivity contribution in [2.45, 2.75) is 20.4 Å². The summed E-state index contributed by atoms with van der Waals surface area (Å²) < 4.78 is 0. The van der Waals surface area contributed by atoms with Gasteiger partial charge in [-0.3, -0.25) is 4.79 Å². The highest BCUT2D eigenvalue weighted by Gasteiger charge is 1.95. The molecule has 94 valence electrons. The molecular formula is C15H18N2O. The number of carbonyl (C=O) groups is 1. The number of nitrogens with one attached hydrogen (secondary N) is 1. The maximum absolute atomic E-state index is 10.4. The summed E-state index contributed by atoms with van der Waals surface area (Å²) in [6, 6.07) is 13.6. The number of aromatic nitrogens is 1. The van der Waals surface area contributed by atoms with Gasteiger partial charge in [0.25, 0.3) is 0 Å². The highest BCUT2D eigenvalue weighted by Crippen LogP contribution is 2.06. The molecule has 0 amide bonds. The highest BCUT2D eigenvalue weighted by molar-refractivity contribution is 5.74. The van der Waals surface area contributed by atoms with Crippen LogP contribution >= 0.6 is 0 Å². The Hall–Kier alpha value is -2.16. The molecule has 0 spiro atoms. The van der Waals surface area contributed by atoms with Crippen LogP contribution in [0.3, 0.4) is 0 Å². The van der Waals surface area contributed by atoms with Gasteiger partial charge in [-0.15, -0.1) is 0 Å². The molecule has 2 rings (SSSR count). The Bertz CT molecular complexity index is 452. The number of anilines is 1. The van der Waals surface area contributed by atoms with Gasteiger partial charge in [-0.1, -0.05) is 44.2 Å². The zero-order chi connectivity index (χ0) is 13.2. The number of carbonyl (C=O) groups excluding carboxylic acids is 1. The standard InChI is InChI=1S/C13H12N2O.C2H6/c16-10-12-6-7-13(15-9-12)14-8-11-4-2-1-3-5-11;1-2/h1-7,9-10H,8H2,(H,14,15);1-2H3. The molecule has 1 N–H and O–H groups in total. The van der Waals surface area contributed by atoms with Crippen LogP contribution in [0, 0.1) is 0 Å². The van der Waals surface area contributed by atoms with E-state index < -0.39 is 0 Å². The second-order valence-electron chi connectivity index (χ2n) is 3.43. The van der Waals surface area contributed by atoms with Crippen molar-refractivity contribution in [1.82, 2.24) is 4.98 Å². The van der Waals surface area contributed by atoms with Crippen LogP contribution in [-0.2, 0) is 6.54 Å². The van der Waals surface area contributed by atoms with Gasteiger partial charge < -0.3 is 5.32 Å². The van der Waals surface area contributed by atoms with Crippen molar-refractivity contribution >= 4 is 12.1 Å². The summed E-state index contributed by atoms with van der Waals surface area (Å²) in [5, 5.41) is 3.19. The zero-order valence-electron chi connectivity index (χ0n) is 10.8. The summed E-state index contributed by atoms with van der Waals surface area (Å²) in [5.41, 5.74) is 1.79. The van der Waals surface area contributed by atoms with E-state index in [9.17, 15) is 4.79 Å². The van der Waals surface area contributed by atoms with Crippen LogP contribution in [0.15, 0.2) is 48.7 Å². The number of hydrogen-bond donors (Lipinski definition) is 1. The summed E-state index contributed by atoms with van der Waals surface area (Å²) in [5.74, 6) is 0.773. The van der Waals surface area contributed by atoms with Crippen LogP contribution in [0.25, 0.3) is 0 Å². The Morgan fingerprint density at radius 2 is 1.83 bits per heavy atom. The highest BCUT2D eigenvalue weighted by atomic mass is 16.1. The molecule has 1 heterocycles. The molecule has 0 aliphatic rings. The smallest absolute Gasteiger partial charge is 0.151 e. The topological polar surface area (TPSA) is 42.0 Å². The van der Waals surface area contributed by atoms with E-state index in [1.807, 2.05) is 44.2 Å². The first kappa shape index (κ1) is 13.9. The number of benzene rings is 1. The Balaban J connectivity index is 0.000000771. The van der Waals surface area contributed by atoms with E-state index in [1.165, 1.54) is 5.56 Å². The normalized spacial score (nSPS) is 9.00. The van der Waals surface area contributed by atoms with E-state index >= 15 is 0 Å². The first-order chi connectivity index (χ1) is 8.88. The molecule has 3 nitrogen and oxygen atoms in total. The van der Waals surface area contributed by atoms with Crippen LogP contribution < -0.4 is 5.32 Å². The molecule has 1 aromatic heterocycles. The third-order valence-electron chi connectivity index (χ3n) is 2.24. The predicted octanol–water partition coefficient (Wildman–Crippen LogP) is 3.53. The molecule has 0 fully saturated rings. The zero-order valence-corrected chi connectivity index (χ0v) is 10.8. The average molecular weight is 242 g/mol. The van der Waals surface area contributed by atoms with E-state index in [2.05, 4.69) is 10.3 Å². The molecule has 0 aliphatic carbocycles. The molecule has 0 bridgehead atoms. The fraction of sp³-hybridized carbons (Fsp3) is 0.200. The SMILES string of the molecule is CC.O=Cc1ccc(NCc2ccccc2)nc1. The summed E-state index contributed by atoms with van der Waals surface area (Å²) in [6.45, 7) is 4.73. The van der Waals surface area contributed by atoms with Crippen molar-refractivity contribution in [1.29, 1.82) is 0 Å². The van der Waals surface area contributed by atoms with Gasteiger partial charge in [0.1, 0.15) is 5.82 Å². The van der Waals surface area contributed by atoms with Crippen molar-refractivity contribution in [3.8, 4) is 0 Å². The predicted molar refractivity (Wildman–Crippen MR) is 74.7 cm³/mol. The van der Waals surface area contributed by atoms with Crippen LogP contribution in [0.2, 0.25) is 0 Å². The molecule has 1 aromatic carbocycles. The number of nitrogens with zero attached hydrogens (tertiary/aromatic N) is 1. The van der Waals surface area contributed by atoms with Crippen LogP contribution in [0.1, 0.15) is 29.8 Å². The van der Waals surface area contributed by atoms with Crippen molar-refractivity contribution < 1.29 is 4.79 Å². The molecular weight excluding hydrogens is 224 g/mol. The van der Waals surface area contributed by atoms with Crippen molar-refractivity contribution in [2.24, 2.45) is 0 Å². The largest absolute Gasteiger partial charge is 0.366 e. The Morgan fingerprint density at radius 3 is 2.39 bits per heavy atom. The van der Waals surface area contributed by atoms with Crippen molar-refractivity contribution in [2.75, 3.05) is 5.32 Å². The van der Waals surface area contributed by atoms with Gasteiger partial charge in [0.15, 0.2) is 6.29 Å². The first-order valence-corrected chi connectivity index (χ1v) is 6.07. The van der Waals surface area contributed by atoms with E-state index in [0.29, 0.717) is 5.56 Å². The lowest BCUT2D eigenvalue weighted by Crippen LogP contribution is -2.01. The van der Waals surface area contributed by atoms with Crippen LogP contribution in [0.4, 0.5) is 5.82 Å². The van der Waals surface area contributed by atoms with Gasteiger partial charge in [0.2, 0.25) is 0 Å². The maximum Gasteiger partial charge on any atom is 0.151 e. The first-order valence-electron chi connectivity index (χ1n) is 6.07. The minimum atomic E-state index is 0.588. The van der Waals surface area contributed by atoms with Gasteiger partial charge in [-0.2, -0.15) is 0 Å². The monoisotopic (exact) mass is 242 g/mol. The average Bonchev–Trinajstić information content (AvgIpc) is 2.49. The van der Waals surface area contributed by atoms with Crippen molar-refractivity contribution in [3.05, 3.63) is 59.8 Å². The van der Waals surface area contributed by atoms with Gasteiger partial charge in [0.05, 0.1) is 0 Å². The van der Waals surface area contributed by atoms with E-state index in [0.717, 1.165) is 18.6 Å². The van der Waals surface area contributed by atoms with E-state index in [1.54, 1.807) is 18.3 Å². The summed E-state index contributed by atoms with van der Waals surface area (Å²) in [4.78, 5) is 14.6. The second kappa shape index (κ2) is 8.01. The summed E-state index contributed by atoms with van der Waals surface area (Å²) >= 11 is 0. The van der Waals surface area contributed by atoms with Gasteiger partial charge in [0, 0.05) is 18.3 Å².